The third kappa shape index (κ3) is 3.57. The van der Waals surface area contributed by atoms with E-state index in [0.29, 0.717) is 13.0 Å². The molecule has 1 unspecified atom stereocenters. The largest absolute Gasteiger partial charge is 0.463 e. The minimum atomic E-state index is -2.16. The van der Waals surface area contributed by atoms with Crippen LogP contribution in [0.4, 0.5) is 0 Å². The van der Waals surface area contributed by atoms with Gasteiger partial charge in [0.25, 0.3) is 0 Å². The van der Waals surface area contributed by atoms with Crippen LogP contribution in [-0.2, 0) is 52.3 Å². The van der Waals surface area contributed by atoms with E-state index in [9.17, 15) is 24.3 Å². The van der Waals surface area contributed by atoms with Crippen LogP contribution < -0.4 is 0 Å². The molecule has 3 spiro atoms. The van der Waals surface area contributed by atoms with Crippen LogP contribution in [0.25, 0.3) is 0 Å². The molecule has 4 saturated heterocycles. The molecule has 2 aliphatic carbocycles. The molecule has 12 nitrogen and oxygen atoms in total. The highest BCUT2D eigenvalue weighted by atomic mass is 16.7. The van der Waals surface area contributed by atoms with Crippen LogP contribution in [0.5, 0.6) is 0 Å². The number of aliphatic hydroxyl groups is 1. The Morgan fingerprint density at radius 2 is 1.90 bits per heavy atom. The number of fused-ring (bicyclic) bond motifs is 1. The molecule has 41 heavy (non-hydrogen) atoms. The second kappa shape index (κ2) is 8.70. The number of esters is 3. The number of hydrogen-bond acceptors (Lipinski definition) is 12. The monoisotopic (exact) mass is 574 g/mol. The van der Waals surface area contributed by atoms with E-state index < -0.39 is 75.9 Å². The molecule has 0 radical (unpaired) electrons. The van der Waals surface area contributed by atoms with E-state index in [1.165, 1.54) is 19.1 Å². The van der Waals surface area contributed by atoms with Crippen LogP contribution in [0.1, 0.15) is 52.9 Å². The van der Waals surface area contributed by atoms with Crippen LogP contribution in [0.15, 0.2) is 23.8 Å². The van der Waals surface area contributed by atoms with Crippen molar-refractivity contribution in [1.82, 2.24) is 0 Å². The SMILES string of the molecule is CC(=O)O[C@H]1C[C@@]23COC(=O)[C@H]4O[C@@]45CCO[C@@](O)(CC/C=C\C(=O)O[C@@H]4C[C@@H](O[C@@H]2C=C1C)C1(CO1)[C@]43C)C5=O. The van der Waals surface area contributed by atoms with E-state index in [0.717, 1.165) is 5.57 Å². The molecule has 0 amide bonds. The van der Waals surface area contributed by atoms with Gasteiger partial charge in [0.1, 0.15) is 24.4 Å². The highest BCUT2D eigenvalue weighted by molar-refractivity contribution is 6.02. The number of ether oxygens (including phenoxy) is 7. The van der Waals surface area contributed by atoms with E-state index >= 15 is 0 Å². The van der Waals surface area contributed by atoms with Crippen LogP contribution in [-0.4, -0.2) is 96.1 Å². The van der Waals surface area contributed by atoms with Crippen LogP contribution >= 0.6 is 0 Å². The Bertz CT molecular complexity index is 1280. The number of allylic oxidation sites excluding steroid dienone is 1. The third-order valence-electron chi connectivity index (χ3n) is 10.7. The fourth-order valence-corrected chi connectivity index (χ4v) is 8.22. The number of carbonyl (C=O) groups is 4. The zero-order chi connectivity index (χ0) is 29.0. The van der Waals surface area contributed by atoms with Crippen molar-refractivity contribution in [3.05, 3.63) is 23.8 Å². The molecule has 7 rings (SSSR count). The standard InChI is InChI=1S/C29H34O12/c1-15-10-19-26(12-17(15)38-16(2)30)13-35-23(32)22-27(41-22)8-9-36-29(34,24(27)33)7-5-4-6-21(31)40-18-11-20(39-19)28(14-37-28)25(18,26)3/h4,6,10,17-20,22,34H,5,7-9,11-14H2,1-3H3/b6-4-/t17-,18+,19+,20+,22+,25+,26+,27-,28?,29-/m0/s1. The first-order valence-electron chi connectivity index (χ1n) is 14.2. The van der Waals surface area contributed by atoms with Gasteiger partial charge < -0.3 is 38.3 Å². The van der Waals surface area contributed by atoms with E-state index in [1.54, 1.807) is 0 Å². The van der Waals surface area contributed by atoms with Crippen molar-refractivity contribution in [2.45, 2.75) is 100 Å². The van der Waals surface area contributed by atoms with Gasteiger partial charge in [-0.25, -0.2) is 9.59 Å². The van der Waals surface area contributed by atoms with Gasteiger partial charge in [-0.15, -0.1) is 0 Å². The summed E-state index contributed by atoms with van der Waals surface area (Å²) in [4.78, 5) is 52.0. The predicted molar refractivity (Wildman–Crippen MR) is 134 cm³/mol. The lowest BCUT2D eigenvalue weighted by atomic mass is 9.51. The normalized spacial score (nSPS) is 51.0. The lowest BCUT2D eigenvalue weighted by Gasteiger charge is -2.59. The molecule has 1 N–H and O–H groups in total. The molecule has 4 bridgehead atoms. The average Bonchev–Trinajstić information content (AvgIpc) is 3.82. The Morgan fingerprint density at radius 3 is 2.63 bits per heavy atom. The summed E-state index contributed by atoms with van der Waals surface area (Å²) in [6.45, 7) is 5.36. The maximum Gasteiger partial charge on any atom is 0.338 e. The molecular weight excluding hydrogens is 540 g/mol. The van der Waals surface area contributed by atoms with Crippen molar-refractivity contribution in [3.63, 3.8) is 0 Å². The van der Waals surface area contributed by atoms with E-state index in [4.69, 9.17) is 33.2 Å². The van der Waals surface area contributed by atoms with Gasteiger partial charge in [0.15, 0.2) is 11.7 Å². The quantitative estimate of drug-likeness (QED) is 0.204. The number of cyclic esters (lactones) is 1. The lowest BCUT2D eigenvalue weighted by molar-refractivity contribution is -0.240. The molecule has 12 heteroatoms. The van der Waals surface area contributed by atoms with Crippen LogP contribution in [0.3, 0.4) is 0 Å². The number of epoxide rings is 2. The Kier molecular flexibility index (Phi) is 5.77. The highest BCUT2D eigenvalue weighted by Crippen LogP contribution is 2.72. The Hall–Kier alpha value is -2.64. The minimum absolute atomic E-state index is 0.00671. The number of carbonyl (C=O) groups excluding carboxylic acids is 4. The first-order chi connectivity index (χ1) is 19.4. The molecule has 5 fully saturated rings. The smallest absolute Gasteiger partial charge is 0.338 e. The first kappa shape index (κ1) is 27.2. The molecule has 222 valence electrons. The lowest BCUT2D eigenvalue weighted by Crippen LogP contribution is -2.68. The van der Waals surface area contributed by atoms with E-state index in [1.807, 2.05) is 19.9 Å². The Morgan fingerprint density at radius 1 is 1.12 bits per heavy atom. The summed E-state index contributed by atoms with van der Waals surface area (Å²) in [6.07, 6.45) is 2.01. The van der Waals surface area contributed by atoms with Crippen LogP contribution in [0.2, 0.25) is 0 Å². The van der Waals surface area contributed by atoms with Crippen molar-refractivity contribution < 1.29 is 57.4 Å². The zero-order valence-electron chi connectivity index (χ0n) is 23.2. The molecule has 0 aromatic carbocycles. The third-order valence-corrected chi connectivity index (χ3v) is 10.7. The van der Waals surface area contributed by atoms with Crippen molar-refractivity contribution in [2.24, 2.45) is 10.8 Å². The molecular formula is C29H34O12. The Balaban J connectivity index is 1.31. The fourth-order valence-electron chi connectivity index (χ4n) is 8.22. The second-order valence-electron chi connectivity index (χ2n) is 12.6. The molecule has 1 saturated carbocycles. The van der Waals surface area contributed by atoms with Crippen LogP contribution in [0, 0.1) is 10.8 Å². The van der Waals surface area contributed by atoms with Gasteiger partial charge in [-0.1, -0.05) is 19.1 Å². The molecule has 10 atom stereocenters. The topological polar surface area (TPSA) is 160 Å². The highest BCUT2D eigenvalue weighted by Gasteiger charge is 2.84. The van der Waals surface area contributed by atoms with Crippen molar-refractivity contribution in [2.75, 3.05) is 19.8 Å². The summed E-state index contributed by atoms with van der Waals surface area (Å²) in [6, 6.07) is 0. The summed E-state index contributed by atoms with van der Waals surface area (Å²) < 4.78 is 41.6. The summed E-state index contributed by atoms with van der Waals surface area (Å²) in [7, 11) is 0. The molecule has 5 aliphatic heterocycles. The summed E-state index contributed by atoms with van der Waals surface area (Å²) in [5.74, 6) is -4.70. The summed E-state index contributed by atoms with van der Waals surface area (Å²) >= 11 is 0. The predicted octanol–water partition coefficient (Wildman–Crippen LogP) is 0.822. The fraction of sp³-hybridized carbons (Fsp3) is 0.724. The second-order valence-corrected chi connectivity index (χ2v) is 12.6. The summed E-state index contributed by atoms with van der Waals surface area (Å²) in [5, 5.41) is 11.0. The van der Waals surface area contributed by atoms with E-state index in [-0.39, 0.29) is 45.0 Å². The van der Waals surface area contributed by atoms with E-state index in [2.05, 4.69) is 0 Å². The maximum absolute atomic E-state index is 13.5. The maximum atomic E-state index is 13.5. The number of hydrogen-bond donors (Lipinski definition) is 1. The molecule has 0 aromatic rings. The summed E-state index contributed by atoms with van der Waals surface area (Å²) in [5.41, 5.74) is -3.42. The van der Waals surface area contributed by atoms with Gasteiger partial charge in [-0.3, -0.25) is 9.59 Å². The van der Waals surface area contributed by atoms with Gasteiger partial charge in [0.2, 0.25) is 11.6 Å². The number of rotatable bonds is 1. The van der Waals surface area contributed by atoms with Gasteiger partial charge in [0, 0.05) is 38.7 Å². The van der Waals surface area contributed by atoms with Gasteiger partial charge in [0.05, 0.1) is 36.3 Å². The van der Waals surface area contributed by atoms with Gasteiger partial charge in [-0.05, 0) is 18.9 Å². The first-order valence-corrected chi connectivity index (χ1v) is 14.2. The van der Waals surface area contributed by atoms with Crippen molar-refractivity contribution in [1.29, 1.82) is 0 Å². The Labute approximate surface area is 236 Å². The zero-order valence-corrected chi connectivity index (χ0v) is 23.2. The number of Topliss-reactive ketones (excluding diaryl/α,β-unsaturated/α-hetero) is 1. The average molecular weight is 575 g/mol. The molecule has 0 aromatic heterocycles. The molecule has 7 aliphatic rings. The van der Waals surface area contributed by atoms with Gasteiger partial charge in [-0.2, -0.15) is 0 Å². The van der Waals surface area contributed by atoms with Crippen molar-refractivity contribution in [3.8, 4) is 0 Å². The van der Waals surface area contributed by atoms with Crippen molar-refractivity contribution >= 4 is 23.7 Å². The molecule has 5 heterocycles. The number of ketones is 1. The van der Waals surface area contributed by atoms with Gasteiger partial charge >= 0.3 is 17.9 Å². The minimum Gasteiger partial charge on any atom is -0.463 e.